The van der Waals surface area contributed by atoms with E-state index in [1.54, 1.807) is 36.4 Å². The van der Waals surface area contributed by atoms with Crippen molar-refractivity contribution < 1.29 is 23.9 Å². The molecule has 3 aromatic carbocycles. The second-order valence-corrected chi connectivity index (χ2v) is 9.11. The molecule has 9 nitrogen and oxygen atoms in total. The third-order valence-corrected chi connectivity index (χ3v) is 5.97. The average molecular weight is 531 g/mol. The van der Waals surface area contributed by atoms with Gasteiger partial charge in [0.1, 0.15) is 24.4 Å². The number of amides is 4. The number of carbonyl (C=O) groups is 4. The molecule has 204 valence electrons. The number of ether oxygens (including phenoxy) is 1. The van der Waals surface area contributed by atoms with Crippen LogP contribution in [0.25, 0.3) is 0 Å². The molecule has 0 heterocycles. The topological polar surface area (TPSA) is 140 Å². The number of rotatable bonds is 13. The number of primary amides is 1. The Morgan fingerprint density at radius 2 is 1.59 bits per heavy atom. The standard InChI is InChI=1S/C30H34N4O5/c1-3-4-13-26(32-20(2)35)29(37)34-27(30(38)33-24-12-8-11-23(18-24)28(31)36)22-14-16-25(17-15-22)39-19-21-9-6-5-7-10-21/h5-12,14-18,26-27H,3-4,13,19H2,1-2H3,(H2,31,36)(H,32,35)(H,33,38)(H,34,37)/t26-,27-/m0/s1. The predicted molar refractivity (Wildman–Crippen MR) is 149 cm³/mol. The highest BCUT2D eigenvalue weighted by atomic mass is 16.5. The third-order valence-electron chi connectivity index (χ3n) is 5.97. The van der Waals surface area contributed by atoms with E-state index in [4.69, 9.17) is 10.5 Å². The van der Waals surface area contributed by atoms with E-state index in [-0.39, 0.29) is 11.5 Å². The van der Waals surface area contributed by atoms with Crippen molar-refractivity contribution in [3.05, 3.63) is 95.6 Å². The predicted octanol–water partition coefficient (Wildman–Crippen LogP) is 3.86. The summed E-state index contributed by atoms with van der Waals surface area (Å²) in [4.78, 5) is 49.9. The Labute approximate surface area is 228 Å². The fourth-order valence-electron chi connectivity index (χ4n) is 3.93. The SMILES string of the molecule is CCCC[C@H](NC(C)=O)C(=O)N[C@H](C(=O)Nc1cccc(C(N)=O)c1)c1ccc(OCc2ccccc2)cc1. The number of benzene rings is 3. The average Bonchev–Trinajstić information content (AvgIpc) is 2.93. The number of anilines is 1. The van der Waals surface area contributed by atoms with Gasteiger partial charge in [0.15, 0.2) is 0 Å². The van der Waals surface area contributed by atoms with Crippen LogP contribution in [-0.4, -0.2) is 29.7 Å². The van der Waals surface area contributed by atoms with Gasteiger partial charge in [-0.05, 0) is 47.9 Å². The Morgan fingerprint density at radius 3 is 2.23 bits per heavy atom. The lowest BCUT2D eigenvalue weighted by atomic mass is 10.0. The van der Waals surface area contributed by atoms with Gasteiger partial charge >= 0.3 is 0 Å². The maximum atomic E-state index is 13.4. The number of nitrogens with one attached hydrogen (secondary N) is 3. The minimum absolute atomic E-state index is 0.235. The molecule has 0 saturated carbocycles. The smallest absolute Gasteiger partial charge is 0.251 e. The quantitative estimate of drug-likeness (QED) is 0.266. The van der Waals surface area contributed by atoms with E-state index in [1.165, 1.54) is 19.1 Å². The van der Waals surface area contributed by atoms with Crippen molar-refractivity contribution in [1.82, 2.24) is 10.6 Å². The van der Waals surface area contributed by atoms with Gasteiger partial charge in [-0.1, -0.05) is 68.3 Å². The van der Waals surface area contributed by atoms with Gasteiger partial charge in [-0.25, -0.2) is 0 Å². The van der Waals surface area contributed by atoms with E-state index in [0.717, 1.165) is 18.4 Å². The molecule has 0 aliphatic rings. The van der Waals surface area contributed by atoms with Crippen LogP contribution in [-0.2, 0) is 21.0 Å². The summed E-state index contributed by atoms with van der Waals surface area (Å²) in [5, 5.41) is 8.20. The van der Waals surface area contributed by atoms with Crippen LogP contribution in [0, 0.1) is 0 Å². The first-order valence-corrected chi connectivity index (χ1v) is 12.8. The molecule has 3 rings (SSSR count). The van der Waals surface area contributed by atoms with Gasteiger partial charge in [0.05, 0.1) is 0 Å². The zero-order valence-corrected chi connectivity index (χ0v) is 22.1. The highest BCUT2D eigenvalue weighted by Crippen LogP contribution is 2.22. The van der Waals surface area contributed by atoms with Crippen LogP contribution in [0.15, 0.2) is 78.9 Å². The molecule has 0 aliphatic heterocycles. The van der Waals surface area contributed by atoms with Gasteiger partial charge in [0, 0.05) is 18.2 Å². The number of carbonyl (C=O) groups excluding carboxylic acids is 4. The van der Waals surface area contributed by atoms with Crippen LogP contribution < -0.4 is 26.4 Å². The highest BCUT2D eigenvalue weighted by molar-refractivity contribution is 6.00. The molecule has 0 aromatic heterocycles. The molecular formula is C30H34N4O5. The Kier molecular flexibility index (Phi) is 10.6. The summed E-state index contributed by atoms with van der Waals surface area (Å²) in [6.45, 7) is 3.71. The van der Waals surface area contributed by atoms with E-state index >= 15 is 0 Å². The van der Waals surface area contributed by atoms with Gasteiger partial charge < -0.3 is 26.4 Å². The fourth-order valence-corrected chi connectivity index (χ4v) is 3.93. The molecule has 0 radical (unpaired) electrons. The van der Waals surface area contributed by atoms with Crippen LogP contribution in [0.2, 0.25) is 0 Å². The molecule has 0 aliphatic carbocycles. The summed E-state index contributed by atoms with van der Waals surface area (Å²) in [5.74, 6) is -1.37. The number of unbranched alkanes of at least 4 members (excludes halogenated alkanes) is 1. The Hall–Kier alpha value is -4.66. The Balaban J connectivity index is 1.82. The van der Waals surface area contributed by atoms with Gasteiger partial charge in [-0.2, -0.15) is 0 Å². The largest absolute Gasteiger partial charge is 0.489 e. The zero-order chi connectivity index (χ0) is 28.2. The lowest BCUT2D eigenvalue weighted by Gasteiger charge is -2.23. The molecule has 5 N–H and O–H groups in total. The minimum Gasteiger partial charge on any atom is -0.489 e. The summed E-state index contributed by atoms with van der Waals surface area (Å²) < 4.78 is 5.85. The molecule has 0 saturated heterocycles. The van der Waals surface area contributed by atoms with Crippen molar-refractivity contribution in [3.8, 4) is 5.75 Å². The number of nitrogens with two attached hydrogens (primary N) is 1. The normalized spacial score (nSPS) is 12.1. The maximum absolute atomic E-state index is 13.4. The molecule has 0 spiro atoms. The molecule has 0 fully saturated rings. The van der Waals surface area contributed by atoms with E-state index in [2.05, 4.69) is 16.0 Å². The summed E-state index contributed by atoms with van der Waals surface area (Å²) >= 11 is 0. The number of hydrogen-bond donors (Lipinski definition) is 4. The lowest BCUT2D eigenvalue weighted by Crippen LogP contribution is -2.49. The maximum Gasteiger partial charge on any atom is 0.251 e. The van der Waals surface area contributed by atoms with E-state index in [0.29, 0.717) is 30.0 Å². The van der Waals surface area contributed by atoms with Gasteiger partial charge in [-0.15, -0.1) is 0 Å². The first-order valence-electron chi connectivity index (χ1n) is 12.8. The van der Waals surface area contributed by atoms with Crippen molar-refractivity contribution in [1.29, 1.82) is 0 Å². The van der Waals surface area contributed by atoms with E-state index < -0.39 is 29.8 Å². The van der Waals surface area contributed by atoms with Crippen molar-refractivity contribution in [2.24, 2.45) is 5.73 Å². The summed E-state index contributed by atoms with van der Waals surface area (Å²) in [7, 11) is 0. The zero-order valence-electron chi connectivity index (χ0n) is 22.1. The van der Waals surface area contributed by atoms with Crippen LogP contribution in [0.1, 0.15) is 60.6 Å². The van der Waals surface area contributed by atoms with Crippen molar-refractivity contribution in [2.45, 2.75) is 51.8 Å². The van der Waals surface area contributed by atoms with Crippen LogP contribution in [0.3, 0.4) is 0 Å². The van der Waals surface area contributed by atoms with Crippen molar-refractivity contribution >= 4 is 29.3 Å². The fraction of sp³-hybridized carbons (Fsp3) is 0.267. The van der Waals surface area contributed by atoms with Crippen LogP contribution in [0.5, 0.6) is 5.75 Å². The van der Waals surface area contributed by atoms with Crippen molar-refractivity contribution in [3.63, 3.8) is 0 Å². The minimum atomic E-state index is -1.09. The second-order valence-electron chi connectivity index (χ2n) is 9.11. The molecule has 2 atom stereocenters. The lowest BCUT2D eigenvalue weighted by molar-refractivity contribution is -0.130. The molecule has 0 unspecified atom stereocenters. The molecule has 4 amide bonds. The summed E-state index contributed by atoms with van der Waals surface area (Å²) in [6.07, 6.45) is 2.00. The number of hydrogen-bond acceptors (Lipinski definition) is 5. The molecule has 3 aromatic rings. The summed E-state index contributed by atoms with van der Waals surface area (Å²) in [5.41, 5.74) is 7.47. The van der Waals surface area contributed by atoms with Crippen molar-refractivity contribution in [2.75, 3.05) is 5.32 Å². The monoisotopic (exact) mass is 530 g/mol. The Morgan fingerprint density at radius 1 is 0.872 bits per heavy atom. The van der Waals surface area contributed by atoms with Crippen LogP contribution >= 0.6 is 0 Å². The van der Waals surface area contributed by atoms with Gasteiger partial charge in [-0.3, -0.25) is 19.2 Å². The second kappa shape index (κ2) is 14.3. The van der Waals surface area contributed by atoms with Gasteiger partial charge in [0.2, 0.25) is 17.7 Å². The molecule has 9 heteroatoms. The van der Waals surface area contributed by atoms with Crippen LogP contribution in [0.4, 0.5) is 5.69 Å². The first-order chi connectivity index (χ1) is 18.8. The molecule has 39 heavy (non-hydrogen) atoms. The molecule has 0 bridgehead atoms. The van der Waals surface area contributed by atoms with E-state index in [1.807, 2.05) is 37.3 Å². The highest BCUT2D eigenvalue weighted by Gasteiger charge is 2.27. The molecular weight excluding hydrogens is 496 g/mol. The summed E-state index contributed by atoms with van der Waals surface area (Å²) in [6, 6.07) is 20.9. The van der Waals surface area contributed by atoms with E-state index in [9.17, 15) is 19.2 Å². The Bertz CT molecular complexity index is 1280. The third kappa shape index (κ3) is 8.99. The van der Waals surface area contributed by atoms with Gasteiger partial charge in [0.25, 0.3) is 5.91 Å². The first kappa shape index (κ1) is 28.9.